The average Bonchev–Trinajstić information content (AvgIpc) is 2.62. The van der Waals surface area contributed by atoms with Crippen LogP contribution in [0.3, 0.4) is 0 Å². The summed E-state index contributed by atoms with van der Waals surface area (Å²) in [5, 5.41) is 4.02. The highest BCUT2D eigenvalue weighted by molar-refractivity contribution is 6.06. The summed E-state index contributed by atoms with van der Waals surface area (Å²) in [6.45, 7) is 1.71. The SMILES string of the molecule is Cc1cc2ccc(NC(=O)c3cc4ccc(F)cc4[nH]c3=O)cc2[nH]c1=O. The molecular formula is C20H14FN3O3. The molecule has 2 aromatic heterocycles. The van der Waals surface area contributed by atoms with E-state index in [0.717, 1.165) is 5.39 Å². The predicted octanol–water partition coefficient (Wildman–Crippen LogP) is 3.07. The Morgan fingerprint density at radius 2 is 1.56 bits per heavy atom. The molecule has 0 saturated heterocycles. The van der Waals surface area contributed by atoms with Crippen molar-refractivity contribution in [2.75, 3.05) is 5.32 Å². The lowest BCUT2D eigenvalue weighted by atomic mass is 10.1. The molecule has 0 unspecified atom stereocenters. The van der Waals surface area contributed by atoms with Crippen molar-refractivity contribution in [1.29, 1.82) is 0 Å². The average molecular weight is 363 g/mol. The Morgan fingerprint density at radius 3 is 2.37 bits per heavy atom. The molecule has 0 saturated carbocycles. The summed E-state index contributed by atoms with van der Waals surface area (Å²) in [6.07, 6.45) is 0. The quantitative estimate of drug-likeness (QED) is 0.511. The molecule has 0 bridgehead atoms. The van der Waals surface area contributed by atoms with Gasteiger partial charge in [0.1, 0.15) is 11.4 Å². The number of aromatic nitrogens is 2. The van der Waals surface area contributed by atoms with E-state index in [1.165, 1.54) is 24.3 Å². The third-order valence-electron chi connectivity index (χ3n) is 4.34. The van der Waals surface area contributed by atoms with Gasteiger partial charge >= 0.3 is 0 Å². The standard InChI is InChI=1S/C20H14FN3O3/c1-10-6-11-3-5-14(9-17(11)23-18(10)25)22-19(26)15-7-12-2-4-13(21)8-16(12)24-20(15)27/h2-9H,1H3,(H,22,26)(H,23,25)(H,24,27). The Bertz CT molecular complexity index is 1340. The van der Waals surface area contributed by atoms with Crippen molar-refractivity contribution in [2.45, 2.75) is 6.92 Å². The van der Waals surface area contributed by atoms with Gasteiger partial charge in [-0.3, -0.25) is 14.4 Å². The predicted molar refractivity (Wildman–Crippen MR) is 102 cm³/mol. The lowest BCUT2D eigenvalue weighted by Gasteiger charge is -2.08. The van der Waals surface area contributed by atoms with Crippen LogP contribution in [0.15, 0.2) is 58.1 Å². The van der Waals surface area contributed by atoms with Crippen molar-refractivity contribution in [3.63, 3.8) is 0 Å². The van der Waals surface area contributed by atoms with Gasteiger partial charge in [0.2, 0.25) is 0 Å². The number of halogens is 1. The maximum absolute atomic E-state index is 13.3. The maximum atomic E-state index is 13.3. The van der Waals surface area contributed by atoms with Crippen molar-refractivity contribution in [3.8, 4) is 0 Å². The molecule has 0 radical (unpaired) electrons. The van der Waals surface area contributed by atoms with Crippen LogP contribution in [0.1, 0.15) is 15.9 Å². The molecular weight excluding hydrogens is 349 g/mol. The minimum Gasteiger partial charge on any atom is -0.322 e. The summed E-state index contributed by atoms with van der Waals surface area (Å²) in [5.41, 5.74) is 1.01. The smallest absolute Gasteiger partial charge is 0.261 e. The van der Waals surface area contributed by atoms with Crippen LogP contribution in [-0.2, 0) is 0 Å². The number of carbonyl (C=O) groups is 1. The van der Waals surface area contributed by atoms with Gasteiger partial charge in [0.15, 0.2) is 0 Å². The van der Waals surface area contributed by atoms with Crippen LogP contribution in [0, 0.1) is 12.7 Å². The summed E-state index contributed by atoms with van der Waals surface area (Å²) < 4.78 is 13.3. The van der Waals surface area contributed by atoms with Crippen molar-refractivity contribution >= 4 is 33.4 Å². The number of amides is 1. The molecule has 0 atom stereocenters. The van der Waals surface area contributed by atoms with Gasteiger partial charge in [-0.25, -0.2) is 4.39 Å². The van der Waals surface area contributed by atoms with Gasteiger partial charge in [-0.2, -0.15) is 0 Å². The van der Waals surface area contributed by atoms with E-state index >= 15 is 0 Å². The highest BCUT2D eigenvalue weighted by Gasteiger charge is 2.13. The minimum atomic E-state index is -0.615. The van der Waals surface area contributed by atoms with E-state index in [4.69, 9.17) is 0 Å². The molecule has 1 amide bonds. The van der Waals surface area contributed by atoms with Gasteiger partial charge in [-0.1, -0.05) is 6.07 Å². The van der Waals surface area contributed by atoms with Gasteiger partial charge in [0.05, 0.1) is 11.0 Å². The second-order valence-electron chi connectivity index (χ2n) is 6.28. The van der Waals surface area contributed by atoms with Crippen LogP contribution in [0.5, 0.6) is 0 Å². The van der Waals surface area contributed by atoms with Crippen LogP contribution in [0.2, 0.25) is 0 Å². The Kier molecular flexibility index (Phi) is 3.84. The van der Waals surface area contributed by atoms with E-state index in [9.17, 15) is 18.8 Å². The summed E-state index contributed by atoms with van der Waals surface area (Å²) in [5.74, 6) is -1.08. The number of rotatable bonds is 2. The first-order valence-corrected chi connectivity index (χ1v) is 8.18. The van der Waals surface area contributed by atoms with Crippen molar-refractivity contribution in [2.24, 2.45) is 0 Å². The first-order valence-electron chi connectivity index (χ1n) is 8.18. The molecule has 6 nitrogen and oxygen atoms in total. The number of pyridine rings is 2. The number of fused-ring (bicyclic) bond motifs is 2. The maximum Gasteiger partial charge on any atom is 0.261 e. The second kappa shape index (κ2) is 6.21. The zero-order chi connectivity index (χ0) is 19.1. The van der Waals surface area contributed by atoms with Crippen LogP contribution in [-0.4, -0.2) is 15.9 Å². The number of carbonyl (C=O) groups excluding carboxylic acids is 1. The van der Waals surface area contributed by atoms with Gasteiger partial charge in [0.25, 0.3) is 17.0 Å². The van der Waals surface area contributed by atoms with Crippen LogP contribution < -0.4 is 16.4 Å². The van der Waals surface area contributed by atoms with E-state index in [-0.39, 0.29) is 11.1 Å². The molecule has 0 aliphatic heterocycles. The molecule has 0 aliphatic carbocycles. The summed E-state index contributed by atoms with van der Waals surface area (Å²) in [6, 6.07) is 12.2. The first kappa shape index (κ1) is 16.7. The summed E-state index contributed by atoms with van der Waals surface area (Å²) in [7, 11) is 0. The topological polar surface area (TPSA) is 94.8 Å². The number of anilines is 1. The zero-order valence-corrected chi connectivity index (χ0v) is 14.2. The first-order chi connectivity index (χ1) is 12.9. The number of aromatic amines is 2. The van der Waals surface area contributed by atoms with E-state index in [2.05, 4.69) is 15.3 Å². The molecule has 2 heterocycles. The van der Waals surface area contributed by atoms with Crippen LogP contribution >= 0.6 is 0 Å². The van der Waals surface area contributed by atoms with Crippen LogP contribution in [0.25, 0.3) is 21.8 Å². The highest BCUT2D eigenvalue weighted by Crippen LogP contribution is 2.18. The molecule has 4 rings (SSSR count). The fraction of sp³-hybridized carbons (Fsp3) is 0.0500. The van der Waals surface area contributed by atoms with E-state index in [1.807, 2.05) is 0 Å². The fourth-order valence-corrected chi connectivity index (χ4v) is 2.93. The van der Waals surface area contributed by atoms with Crippen molar-refractivity contribution < 1.29 is 9.18 Å². The van der Waals surface area contributed by atoms with Gasteiger partial charge in [-0.05, 0) is 60.2 Å². The molecule has 7 heteroatoms. The molecule has 2 aromatic carbocycles. The van der Waals surface area contributed by atoms with Gasteiger partial charge in [-0.15, -0.1) is 0 Å². The number of benzene rings is 2. The molecule has 0 spiro atoms. The third kappa shape index (κ3) is 3.10. The summed E-state index contributed by atoms with van der Waals surface area (Å²) in [4.78, 5) is 41.7. The van der Waals surface area contributed by atoms with Crippen molar-refractivity contribution in [3.05, 3.63) is 86.2 Å². The Morgan fingerprint density at radius 1 is 0.889 bits per heavy atom. The van der Waals surface area contributed by atoms with E-state index in [1.54, 1.807) is 31.2 Å². The second-order valence-corrected chi connectivity index (χ2v) is 6.28. The molecule has 4 aromatic rings. The van der Waals surface area contributed by atoms with Crippen molar-refractivity contribution in [1.82, 2.24) is 9.97 Å². The lowest BCUT2D eigenvalue weighted by Crippen LogP contribution is -2.23. The van der Waals surface area contributed by atoms with Crippen LogP contribution in [0.4, 0.5) is 10.1 Å². The molecule has 0 aliphatic rings. The molecule has 27 heavy (non-hydrogen) atoms. The Balaban J connectivity index is 1.70. The minimum absolute atomic E-state index is 0.0911. The zero-order valence-electron chi connectivity index (χ0n) is 14.2. The number of hydrogen-bond acceptors (Lipinski definition) is 3. The fourth-order valence-electron chi connectivity index (χ4n) is 2.93. The summed E-state index contributed by atoms with van der Waals surface area (Å²) >= 11 is 0. The largest absolute Gasteiger partial charge is 0.322 e. The third-order valence-corrected chi connectivity index (χ3v) is 4.34. The van der Waals surface area contributed by atoms with E-state index < -0.39 is 17.3 Å². The monoisotopic (exact) mass is 363 g/mol. The number of hydrogen-bond donors (Lipinski definition) is 3. The molecule has 134 valence electrons. The highest BCUT2D eigenvalue weighted by atomic mass is 19.1. The molecule has 0 fully saturated rings. The number of nitrogens with one attached hydrogen (secondary N) is 3. The van der Waals surface area contributed by atoms with Gasteiger partial charge < -0.3 is 15.3 Å². The molecule has 3 N–H and O–H groups in total. The normalized spacial score (nSPS) is 11.0. The lowest BCUT2D eigenvalue weighted by molar-refractivity contribution is 0.102. The number of H-pyrrole nitrogens is 2. The van der Waals surface area contributed by atoms with Gasteiger partial charge in [0, 0.05) is 11.3 Å². The van der Waals surface area contributed by atoms with E-state index in [0.29, 0.717) is 27.7 Å². The number of aryl methyl sites for hydroxylation is 1. The Hall–Kier alpha value is -3.74. The Labute approximate surface area is 151 Å².